The number of hydrogen-bond acceptors (Lipinski definition) is 4. The SMILES string of the molecule is CPC(C)(C)C(=O)OCCOC(=O)C1=CCCCC1. The molecule has 5 heteroatoms. The third-order valence-electron chi connectivity index (χ3n) is 3.24. The van der Waals surface area contributed by atoms with E-state index in [2.05, 4.69) is 0 Å². The van der Waals surface area contributed by atoms with Gasteiger partial charge in [0.2, 0.25) is 0 Å². The zero-order chi connectivity index (χ0) is 14.3. The Labute approximate surface area is 116 Å². The monoisotopic (exact) mass is 286 g/mol. The number of esters is 2. The van der Waals surface area contributed by atoms with E-state index in [9.17, 15) is 9.59 Å². The molecule has 0 spiro atoms. The van der Waals surface area contributed by atoms with Gasteiger partial charge in [0.05, 0.1) is 5.16 Å². The van der Waals surface area contributed by atoms with Crippen LogP contribution >= 0.6 is 8.58 Å². The third-order valence-corrected chi connectivity index (χ3v) is 4.69. The minimum absolute atomic E-state index is 0.130. The van der Waals surface area contributed by atoms with E-state index in [1.165, 1.54) is 0 Å². The van der Waals surface area contributed by atoms with Crippen molar-refractivity contribution in [1.29, 1.82) is 0 Å². The molecule has 1 unspecified atom stereocenters. The van der Waals surface area contributed by atoms with Gasteiger partial charge in [-0.3, -0.25) is 4.79 Å². The highest BCUT2D eigenvalue weighted by Gasteiger charge is 2.27. The lowest BCUT2D eigenvalue weighted by atomic mass is 10.00. The molecule has 4 nitrogen and oxygen atoms in total. The van der Waals surface area contributed by atoms with Gasteiger partial charge in [-0.2, -0.15) is 0 Å². The Morgan fingerprint density at radius 2 is 1.95 bits per heavy atom. The van der Waals surface area contributed by atoms with Crippen LogP contribution in [-0.4, -0.2) is 37.0 Å². The number of carbonyl (C=O) groups is 2. The summed E-state index contributed by atoms with van der Waals surface area (Å²) in [6, 6.07) is 0. The summed E-state index contributed by atoms with van der Waals surface area (Å²) in [7, 11) is 0.484. The summed E-state index contributed by atoms with van der Waals surface area (Å²) in [5.41, 5.74) is 0.757. The Morgan fingerprint density at radius 1 is 1.26 bits per heavy atom. The lowest BCUT2D eigenvalue weighted by Gasteiger charge is -2.20. The standard InChI is InChI=1S/C14H23O4P/c1-14(2,19-3)13(16)18-10-9-17-12(15)11-7-5-4-6-8-11/h7,19H,4-6,8-10H2,1-3H3. The molecule has 1 aliphatic carbocycles. The van der Waals surface area contributed by atoms with E-state index in [1.807, 2.05) is 26.6 Å². The van der Waals surface area contributed by atoms with Crippen molar-refractivity contribution in [1.82, 2.24) is 0 Å². The molecule has 0 saturated carbocycles. The van der Waals surface area contributed by atoms with Gasteiger partial charge in [-0.05, 0) is 46.2 Å². The van der Waals surface area contributed by atoms with Gasteiger partial charge >= 0.3 is 11.9 Å². The quantitative estimate of drug-likeness (QED) is 0.428. The molecular weight excluding hydrogens is 263 g/mol. The molecule has 1 aliphatic rings. The lowest BCUT2D eigenvalue weighted by Crippen LogP contribution is -2.29. The Kier molecular flexibility index (Phi) is 6.50. The maximum absolute atomic E-state index is 11.7. The van der Waals surface area contributed by atoms with E-state index >= 15 is 0 Å². The van der Waals surface area contributed by atoms with Crippen LogP contribution in [0.5, 0.6) is 0 Å². The second kappa shape index (κ2) is 7.64. The van der Waals surface area contributed by atoms with Crippen LogP contribution in [0.15, 0.2) is 11.6 Å². The smallest absolute Gasteiger partial charge is 0.333 e. The van der Waals surface area contributed by atoms with Crippen LogP contribution in [0, 0.1) is 0 Å². The molecule has 0 amide bonds. The Morgan fingerprint density at radius 3 is 2.53 bits per heavy atom. The molecule has 0 aromatic heterocycles. The Hall–Kier alpha value is -0.890. The summed E-state index contributed by atoms with van der Waals surface area (Å²) in [6.07, 6.45) is 5.87. The first-order valence-electron chi connectivity index (χ1n) is 6.69. The van der Waals surface area contributed by atoms with E-state index in [1.54, 1.807) is 0 Å². The highest BCUT2D eigenvalue weighted by molar-refractivity contribution is 7.40. The second-order valence-corrected chi connectivity index (χ2v) is 6.87. The highest BCUT2D eigenvalue weighted by atomic mass is 31.1. The second-order valence-electron chi connectivity index (χ2n) is 5.12. The summed E-state index contributed by atoms with van der Waals surface area (Å²) in [5.74, 6) is -0.506. The molecule has 0 aromatic rings. The molecule has 0 N–H and O–H groups in total. The van der Waals surface area contributed by atoms with Gasteiger partial charge in [0, 0.05) is 5.57 Å². The van der Waals surface area contributed by atoms with Crippen LogP contribution in [0.1, 0.15) is 39.5 Å². The van der Waals surface area contributed by atoms with Crippen molar-refractivity contribution >= 4 is 20.5 Å². The molecule has 0 bridgehead atoms. The maximum atomic E-state index is 11.7. The van der Waals surface area contributed by atoms with Crippen molar-refractivity contribution in [2.24, 2.45) is 0 Å². The Bertz CT molecular complexity index is 360. The first-order valence-corrected chi connectivity index (χ1v) is 8.19. The molecule has 0 aromatic carbocycles. The fourth-order valence-electron chi connectivity index (χ4n) is 1.67. The fraction of sp³-hybridized carbons (Fsp3) is 0.714. The van der Waals surface area contributed by atoms with E-state index in [0.29, 0.717) is 8.58 Å². The third kappa shape index (κ3) is 5.32. The molecule has 1 rings (SSSR count). The normalized spacial score (nSPS) is 16.3. The zero-order valence-corrected chi connectivity index (χ0v) is 13.0. The van der Waals surface area contributed by atoms with Crippen molar-refractivity contribution in [2.75, 3.05) is 19.9 Å². The van der Waals surface area contributed by atoms with Gasteiger partial charge in [-0.25, -0.2) is 4.79 Å². The van der Waals surface area contributed by atoms with Crippen molar-refractivity contribution in [3.8, 4) is 0 Å². The molecule has 0 heterocycles. The molecule has 108 valence electrons. The van der Waals surface area contributed by atoms with Crippen LogP contribution in [-0.2, 0) is 19.1 Å². The van der Waals surface area contributed by atoms with Gasteiger partial charge in [0.1, 0.15) is 13.2 Å². The summed E-state index contributed by atoms with van der Waals surface area (Å²) in [4.78, 5) is 23.3. The van der Waals surface area contributed by atoms with E-state index in [-0.39, 0.29) is 25.2 Å². The molecule has 0 radical (unpaired) electrons. The fourth-order valence-corrected chi connectivity index (χ4v) is 1.94. The number of allylic oxidation sites excluding steroid dienone is 1. The molecular formula is C14H23O4P. The summed E-state index contributed by atoms with van der Waals surface area (Å²) in [6.45, 7) is 5.94. The van der Waals surface area contributed by atoms with Crippen molar-refractivity contribution in [2.45, 2.75) is 44.7 Å². The van der Waals surface area contributed by atoms with Gasteiger partial charge in [0.15, 0.2) is 0 Å². The minimum atomic E-state index is -0.449. The average Bonchev–Trinajstić information content (AvgIpc) is 2.43. The van der Waals surface area contributed by atoms with Crippen LogP contribution in [0.4, 0.5) is 0 Å². The van der Waals surface area contributed by atoms with Gasteiger partial charge in [0.25, 0.3) is 0 Å². The number of hydrogen-bond donors (Lipinski definition) is 0. The van der Waals surface area contributed by atoms with E-state index < -0.39 is 5.16 Å². The average molecular weight is 286 g/mol. The first-order chi connectivity index (χ1) is 8.97. The van der Waals surface area contributed by atoms with Crippen LogP contribution in [0.25, 0.3) is 0 Å². The highest BCUT2D eigenvalue weighted by Crippen LogP contribution is 2.28. The van der Waals surface area contributed by atoms with E-state index in [0.717, 1.165) is 31.3 Å². The molecule has 0 fully saturated rings. The maximum Gasteiger partial charge on any atom is 0.333 e. The molecule has 0 saturated heterocycles. The van der Waals surface area contributed by atoms with Crippen LogP contribution < -0.4 is 0 Å². The molecule has 0 aliphatic heterocycles. The number of rotatable bonds is 6. The summed E-state index contributed by atoms with van der Waals surface area (Å²) in [5, 5.41) is -0.449. The van der Waals surface area contributed by atoms with Crippen molar-refractivity contribution in [3.63, 3.8) is 0 Å². The minimum Gasteiger partial charge on any atom is -0.461 e. The van der Waals surface area contributed by atoms with Crippen LogP contribution in [0.2, 0.25) is 0 Å². The van der Waals surface area contributed by atoms with Gasteiger partial charge in [-0.1, -0.05) is 6.08 Å². The van der Waals surface area contributed by atoms with Gasteiger partial charge in [-0.15, -0.1) is 8.58 Å². The zero-order valence-electron chi connectivity index (χ0n) is 12.0. The van der Waals surface area contributed by atoms with E-state index in [4.69, 9.17) is 9.47 Å². The molecule has 1 atom stereocenters. The predicted octanol–water partition coefficient (Wildman–Crippen LogP) is 2.66. The molecule has 19 heavy (non-hydrogen) atoms. The lowest BCUT2D eigenvalue weighted by molar-refractivity contribution is -0.151. The topological polar surface area (TPSA) is 52.6 Å². The Balaban J connectivity index is 2.22. The predicted molar refractivity (Wildman–Crippen MR) is 76.8 cm³/mol. The number of ether oxygens (including phenoxy) is 2. The number of carbonyl (C=O) groups excluding carboxylic acids is 2. The van der Waals surface area contributed by atoms with Crippen molar-refractivity contribution < 1.29 is 19.1 Å². The summed E-state index contributed by atoms with van der Waals surface area (Å²) < 4.78 is 10.2. The summed E-state index contributed by atoms with van der Waals surface area (Å²) >= 11 is 0. The van der Waals surface area contributed by atoms with Crippen LogP contribution in [0.3, 0.4) is 0 Å². The van der Waals surface area contributed by atoms with Crippen molar-refractivity contribution in [3.05, 3.63) is 11.6 Å². The largest absolute Gasteiger partial charge is 0.461 e. The first kappa shape index (κ1) is 16.2. The van der Waals surface area contributed by atoms with Gasteiger partial charge < -0.3 is 9.47 Å².